The van der Waals surface area contributed by atoms with Crippen molar-refractivity contribution in [3.8, 4) is 11.5 Å². The molecule has 0 saturated heterocycles. The average molecular weight is 545 g/mol. The van der Waals surface area contributed by atoms with E-state index >= 15 is 0 Å². The smallest absolute Gasteiger partial charge is 0.341 e. The van der Waals surface area contributed by atoms with Crippen LogP contribution in [0.1, 0.15) is 58.9 Å². The Morgan fingerprint density at radius 2 is 1.89 bits per heavy atom. The van der Waals surface area contributed by atoms with Gasteiger partial charge in [0.25, 0.3) is 0 Å². The second-order valence-corrected chi connectivity index (χ2v) is 10.5. The molecule has 0 spiro atoms. The molecule has 4 rings (SSSR count). The number of aromatic nitrogens is 3. The van der Waals surface area contributed by atoms with Gasteiger partial charge in [-0.2, -0.15) is 0 Å². The van der Waals surface area contributed by atoms with Crippen LogP contribution in [0.2, 0.25) is 0 Å². The number of nitrogens with one attached hydrogen (secondary N) is 1. The molecule has 0 fully saturated rings. The molecule has 11 heteroatoms. The summed E-state index contributed by atoms with van der Waals surface area (Å²) in [6.45, 7) is 4.78. The van der Waals surface area contributed by atoms with Gasteiger partial charge in [-0.25, -0.2) is 4.79 Å². The monoisotopic (exact) mass is 544 g/mol. The SMILES string of the molecule is CCOC(=O)c1c(NC(=O)CSc2nnc(Cc3ccc(OC)c(OC)c3)n2CC)sc2c1CCCC2. The Morgan fingerprint density at radius 1 is 1.11 bits per heavy atom. The number of methoxy groups -OCH3 is 2. The summed E-state index contributed by atoms with van der Waals surface area (Å²) < 4.78 is 18.0. The third kappa shape index (κ3) is 6.10. The first-order chi connectivity index (χ1) is 18.0. The number of benzene rings is 1. The number of thiophene rings is 1. The maximum absolute atomic E-state index is 12.9. The summed E-state index contributed by atoms with van der Waals surface area (Å²) in [5.74, 6) is 1.72. The van der Waals surface area contributed by atoms with Crippen LogP contribution in [0.3, 0.4) is 0 Å². The molecular formula is C26H32N4O5S2. The van der Waals surface area contributed by atoms with Gasteiger partial charge in [0.1, 0.15) is 10.8 Å². The Hall–Kier alpha value is -3.05. The lowest BCUT2D eigenvalue weighted by molar-refractivity contribution is -0.113. The summed E-state index contributed by atoms with van der Waals surface area (Å²) in [5, 5.41) is 12.9. The van der Waals surface area contributed by atoms with E-state index in [1.165, 1.54) is 28.0 Å². The molecule has 1 amide bonds. The number of carbonyl (C=O) groups excluding carboxylic acids is 2. The van der Waals surface area contributed by atoms with E-state index in [4.69, 9.17) is 14.2 Å². The van der Waals surface area contributed by atoms with E-state index < -0.39 is 0 Å². The Bertz CT molecular complexity index is 1270. The Labute approximate surface area is 224 Å². The highest BCUT2D eigenvalue weighted by Crippen LogP contribution is 2.38. The number of aryl methyl sites for hydroxylation is 1. The van der Waals surface area contributed by atoms with Crippen LogP contribution in [-0.2, 0) is 35.3 Å². The zero-order valence-electron chi connectivity index (χ0n) is 21.6. The molecule has 198 valence electrons. The van der Waals surface area contributed by atoms with Crippen LogP contribution in [0.4, 0.5) is 5.00 Å². The van der Waals surface area contributed by atoms with Gasteiger partial charge in [0.05, 0.1) is 32.1 Å². The number of rotatable bonds is 11. The number of ether oxygens (including phenoxy) is 3. The van der Waals surface area contributed by atoms with E-state index in [1.807, 2.05) is 29.7 Å². The molecule has 0 bridgehead atoms. The highest BCUT2D eigenvalue weighted by Gasteiger charge is 2.27. The van der Waals surface area contributed by atoms with Gasteiger partial charge in [-0.15, -0.1) is 21.5 Å². The minimum absolute atomic E-state index is 0.152. The molecule has 9 nitrogen and oxygen atoms in total. The Balaban J connectivity index is 1.44. The van der Waals surface area contributed by atoms with Crippen molar-refractivity contribution in [2.45, 2.75) is 57.7 Å². The zero-order chi connectivity index (χ0) is 26.4. The molecule has 1 N–H and O–H groups in total. The van der Waals surface area contributed by atoms with Crippen LogP contribution < -0.4 is 14.8 Å². The second kappa shape index (κ2) is 12.5. The topological polar surface area (TPSA) is 105 Å². The molecule has 1 aromatic carbocycles. The van der Waals surface area contributed by atoms with Crippen LogP contribution in [-0.4, -0.2) is 53.2 Å². The van der Waals surface area contributed by atoms with Crippen molar-refractivity contribution in [3.05, 3.63) is 45.6 Å². The average Bonchev–Trinajstić information content (AvgIpc) is 3.47. The predicted octanol–water partition coefficient (Wildman–Crippen LogP) is 4.75. The normalized spacial score (nSPS) is 12.6. The van der Waals surface area contributed by atoms with E-state index in [9.17, 15) is 9.59 Å². The highest BCUT2D eigenvalue weighted by atomic mass is 32.2. The minimum Gasteiger partial charge on any atom is -0.493 e. The molecule has 0 radical (unpaired) electrons. The molecule has 0 saturated carbocycles. The number of fused-ring (bicyclic) bond motifs is 1. The van der Waals surface area contributed by atoms with Gasteiger partial charge in [-0.3, -0.25) is 4.79 Å². The molecular weight excluding hydrogens is 512 g/mol. The highest BCUT2D eigenvalue weighted by molar-refractivity contribution is 7.99. The number of carbonyl (C=O) groups is 2. The van der Waals surface area contributed by atoms with Crippen molar-refractivity contribution in [3.63, 3.8) is 0 Å². The number of hydrogen-bond acceptors (Lipinski definition) is 9. The number of amides is 1. The second-order valence-electron chi connectivity index (χ2n) is 8.48. The van der Waals surface area contributed by atoms with Gasteiger partial charge < -0.3 is 24.1 Å². The van der Waals surface area contributed by atoms with Crippen LogP contribution >= 0.6 is 23.1 Å². The summed E-state index contributed by atoms with van der Waals surface area (Å²) in [6.07, 6.45) is 4.47. The van der Waals surface area contributed by atoms with Crippen LogP contribution in [0.25, 0.3) is 0 Å². The fourth-order valence-corrected chi connectivity index (χ4v) is 6.53. The quantitative estimate of drug-likeness (QED) is 0.272. The van der Waals surface area contributed by atoms with E-state index in [-0.39, 0.29) is 17.6 Å². The van der Waals surface area contributed by atoms with Crippen molar-refractivity contribution in [2.24, 2.45) is 0 Å². The minimum atomic E-state index is -0.365. The standard InChI is InChI=1S/C26H32N4O5S2/c1-5-30-21(14-16-11-12-18(33-3)19(13-16)34-4)28-29-26(30)36-15-22(31)27-24-23(25(32)35-6-2)17-9-7-8-10-20(17)37-24/h11-13H,5-10,14-15H2,1-4H3,(H,27,31). The molecule has 37 heavy (non-hydrogen) atoms. The molecule has 2 heterocycles. The number of nitrogens with zero attached hydrogens (tertiary/aromatic N) is 3. The van der Waals surface area contributed by atoms with Crippen molar-refractivity contribution in [2.75, 3.05) is 31.9 Å². The van der Waals surface area contributed by atoms with E-state index in [0.717, 1.165) is 42.6 Å². The molecule has 0 unspecified atom stereocenters. The van der Waals surface area contributed by atoms with Crippen molar-refractivity contribution in [1.29, 1.82) is 0 Å². The Kier molecular flexibility index (Phi) is 9.09. The number of hydrogen-bond donors (Lipinski definition) is 1. The van der Waals surface area contributed by atoms with Crippen LogP contribution in [0.15, 0.2) is 23.4 Å². The molecule has 2 aromatic heterocycles. The first-order valence-corrected chi connectivity index (χ1v) is 14.2. The summed E-state index contributed by atoms with van der Waals surface area (Å²) in [7, 11) is 3.21. The zero-order valence-corrected chi connectivity index (χ0v) is 23.2. The first kappa shape index (κ1) is 27.0. The Morgan fingerprint density at radius 3 is 2.62 bits per heavy atom. The van der Waals surface area contributed by atoms with Gasteiger partial charge in [0, 0.05) is 17.8 Å². The van der Waals surface area contributed by atoms with Gasteiger partial charge >= 0.3 is 5.97 Å². The lowest BCUT2D eigenvalue weighted by atomic mass is 9.95. The third-order valence-electron chi connectivity index (χ3n) is 6.16. The number of thioether (sulfide) groups is 1. The summed E-state index contributed by atoms with van der Waals surface area (Å²) in [4.78, 5) is 26.7. The summed E-state index contributed by atoms with van der Waals surface area (Å²) in [5.41, 5.74) is 2.57. The maximum Gasteiger partial charge on any atom is 0.341 e. The van der Waals surface area contributed by atoms with E-state index in [1.54, 1.807) is 21.1 Å². The maximum atomic E-state index is 12.9. The van der Waals surface area contributed by atoms with Gasteiger partial charge in [0.2, 0.25) is 5.91 Å². The van der Waals surface area contributed by atoms with Crippen LogP contribution in [0, 0.1) is 0 Å². The van der Waals surface area contributed by atoms with Crippen LogP contribution in [0.5, 0.6) is 11.5 Å². The molecule has 1 aliphatic carbocycles. The molecule has 0 atom stereocenters. The molecule has 1 aliphatic rings. The summed E-state index contributed by atoms with van der Waals surface area (Å²) >= 11 is 2.81. The fraction of sp³-hybridized carbons (Fsp3) is 0.462. The molecule has 0 aliphatic heterocycles. The third-order valence-corrected chi connectivity index (χ3v) is 8.33. The van der Waals surface area contributed by atoms with E-state index in [2.05, 4.69) is 15.5 Å². The van der Waals surface area contributed by atoms with E-state index in [0.29, 0.717) is 46.8 Å². The van der Waals surface area contributed by atoms with Gasteiger partial charge in [0.15, 0.2) is 16.7 Å². The lowest BCUT2D eigenvalue weighted by Gasteiger charge is -2.12. The van der Waals surface area contributed by atoms with Crippen molar-refractivity contribution < 1.29 is 23.8 Å². The lowest BCUT2D eigenvalue weighted by Crippen LogP contribution is -2.17. The van der Waals surface area contributed by atoms with Crippen molar-refractivity contribution >= 4 is 40.0 Å². The largest absolute Gasteiger partial charge is 0.493 e. The fourth-order valence-electron chi connectivity index (χ4n) is 4.41. The number of anilines is 1. The van der Waals surface area contributed by atoms with Gasteiger partial charge in [-0.05, 0) is 62.8 Å². The van der Waals surface area contributed by atoms with Gasteiger partial charge in [-0.1, -0.05) is 17.8 Å². The van der Waals surface area contributed by atoms with Crippen molar-refractivity contribution in [1.82, 2.24) is 14.8 Å². The molecule has 3 aromatic rings. The summed E-state index contributed by atoms with van der Waals surface area (Å²) in [6, 6.07) is 5.77. The number of esters is 1. The first-order valence-electron chi connectivity index (χ1n) is 12.4. The predicted molar refractivity (Wildman–Crippen MR) is 144 cm³/mol.